The van der Waals surface area contributed by atoms with Crippen molar-refractivity contribution in [2.75, 3.05) is 6.54 Å². The van der Waals surface area contributed by atoms with E-state index in [2.05, 4.69) is 18.4 Å². The van der Waals surface area contributed by atoms with Crippen molar-refractivity contribution in [3.8, 4) is 0 Å². The SMILES string of the molecule is CCCNC1CCCc2nc(C3CCCCCC3)ncc21. The van der Waals surface area contributed by atoms with Gasteiger partial charge in [-0.1, -0.05) is 32.6 Å². The Bertz CT molecular complexity index is 450. The summed E-state index contributed by atoms with van der Waals surface area (Å²) >= 11 is 0. The minimum absolute atomic E-state index is 0.483. The second kappa shape index (κ2) is 7.35. The molecule has 0 bridgehead atoms. The quantitative estimate of drug-likeness (QED) is 0.839. The van der Waals surface area contributed by atoms with E-state index in [9.17, 15) is 0 Å². The summed E-state index contributed by atoms with van der Waals surface area (Å²) in [6.45, 7) is 3.32. The molecule has 0 saturated heterocycles. The maximum atomic E-state index is 4.99. The number of hydrogen-bond donors (Lipinski definition) is 1. The van der Waals surface area contributed by atoms with Crippen LogP contribution in [0, 0.1) is 0 Å². The van der Waals surface area contributed by atoms with Gasteiger partial charge in [-0.2, -0.15) is 0 Å². The van der Waals surface area contributed by atoms with E-state index in [1.165, 1.54) is 69.0 Å². The van der Waals surface area contributed by atoms with Gasteiger partial charge in [-0.25, -0.2) is 9.97 Å². The van der Waals surface area contributed by atoms with Crippen LogP contribution in [0.25, 0.3) is 0 Å². The highest BCUT2D eigenvalue weighted by Crippen LogP contribution is 2.32. The minimum Gasteiger partial charge on any atom is -0.310 e. The summed E-state index contributed by atoms with van der Waals surface area (Å²) in [5, 5.41) is 3.66. The normalized spacial score (nSPS) is 23.6. The molecule has 2 aliphatic rings. The fraction of sp³-hybridized carbons (Fsp3) is 0.778. The van der Waals surface area contributed by atoms with Gasteiger partial charge in [0.1, 0.15) is 5.82 Å². The van der Waals surface area contributed by atoms with Gasteiger partial charge in [-0.05, 0) is 45.1 Å². The van der Waals surface area contributed by atoms with E-state index < -0.39 is 0 Å². The fourth-order valence-electron chi connectivity index (χ4n) is 3.83. The number of nitrogens with one attached hydrogen (secondary N) is 1. The monoisotopic (exact) mass is 287 g/mol. The maximum absolute atomic E-state index is 4.99. The van der Waals surface area contributed by atoms with Crippen LogP contribution >= 0.6 is 0 Å². The van der Waals surface area contributed by atoms with E-state index in [1.54, 1.807) is 0 Å². The van der Waals surface area contributed by atoms with Crippen LogP contribution in [0.4, 0.5) is 0 Å². The van der Waals surface area contributed by atoms with Crippen LogP contribution in [0.5, 0.6) is 0 Å². The Labute approximate surface area is 129 Å². The molecule has 3 rings (SSSR count). The first-order valence-corrected chi connectivity index (χ1v) is 8.97. The molecule has 3 nitrogen and oxygen atoms in total. The van der Waals surface area contributed by atoms with Gasteiger partial charge in [0.2, 0.25) is 0 Å². The largest absolute Gasteiger partial charge is 0.310 e. The van der Waals surface area contributed by atoms with Crippen molar-refractivity contribution in [2.45, 2.75) is 83.1 Å². The molecule has 1 fully saturated rings. The van der Waals surface area contributed by atoms with Gasteiger partial charge in [0, 0.05) is 29.4 Å². The third-order valence-electron chi connectivity index (χ3n) is 5.06. The Morgan fingerprint density at radius 1 is 1.10 bits per heavy atom. The van der Waals surface area contributed by atoms with E-state index >= 15 is 0 Å². The van der Waals surface area contributed by atoms with Crippen molar-refractivity contribution in [1.82, 2.24) is 15.3 Å². The number of nitrogens with zero attached hydrogens (tertiary/aromatic N) is 2. The molecule has 1 aromatic rings. The molecule has 1 heterocycles. The van der Waals surface area contributed by atoms with Crippen molar-refractivity contribution in [2.24, 2.45) is 0 Å². The molecular weight excluding hydrogens is 258 g/mol. The first-order chi connectivity index (χ1) is 10.4. The number of hydrogen-bond acceptors (Lipinski definition) is 3. The summed E-state index contributed by atoms with van der Waals surface area (Å²) in [6, 6.07) is 0.483. The molecule has 0 spiro atoms. The highest BCUT2D eigenvalue weighted by Gasteiger charge is 2.24. The van der Waals surface area contributed by atoms with Gasteiger partial charge in [-0.3, -0.25) is 0 Å². The second-order valence-corrected chi connectivity index (χ2v) is 6.72. The molecule has 0 aliphatic heterocycles. The Morgan fingerprint density at radius 3 is 2.67 bits per heavy atom. The van der Waals surface area contributed by atoms with Crippen molar-refractivity contribution in [3.63, 3.8) is 0 Å². The number of aromatic nitrogens is 2. The van der Waals surface area contributed by atoms with Crippen LogP contribution in [0.1, 0.15) is 93.8 Å². The highest BCUT2D eigenvalue weighted by molar-refractivity contribution is 5.25. The van der Waals surface area contributed by atoms with Gasteiger partial charge >= 0.3 is 0 Å². The molecule has 1 N–H and O–H groups in total. The maximum Gasteiger partial charge on any atom is 0.131 e. The van der Waals surface area contributed by atoms with Gasteiger partial charge in [0.05, 0.1) is 0 Å². The molecular formula is C18H29N3. The standard InChI is InChI=1S/C18H29N3/c1-2-12-19-16-10-7-11-17-15(16)13-20-18(21-17)14-8-5-3-4-6-9-14/h13-14,16,19H,2-12H2,1H3. The molecule has 3 heteroatoms. The first-order valence-electron chi connectivity index (χ1n) is 8.97. The lowest BCUT2D eigenvalue weighted by Crippen LogP contribution is -2.27. The molecule has 2 aliphatic carbocycles. The Kier molecular flexibility index (Phi) is 5.23. The zero-order valence-electron chi connectivity index (χ0n) is 13.4. The summed E-state index contributed by atoms with van der Waals surface area (Å²) in [5.41, 5.74) is 2.69. The van der Waals surface area contributed by atoms with E-state index in [0.29, 0.717) is 12.0 Å². The number of fused-ring (bicyclic) bond motifs is 1. The average molecular weight is 287 g/mol. The smallest absolute Gasteiger partial charge is 0.131 e. The van der Waals surface area contributed by atoms with E-state index in [4.69, 9.17) is 9.97 Å². The minimum atomic E-state index is 0.483. The molecule has 1 atom stereocenters. The molecule has 1 saturated carbocycles. The summed E-state index contributed by atoms with van der Waals surface area (Å²) in [7, 11) is 0. The van der Waals surface area contributed by atoms with Gasteiger partial charge in [0.15, 0.2) is 0 Å². The van der Waals surface area contributed by atoms with Crippen LogP contribution in [0.2, 0.25) is 0 Å². The Morgan fingerprint density at radius 2 is 1.90 bits per heavy atom. The van der Waals surface area contributed by atoms with Gasteiger partial charge in [-0.15, -0.1) is 0 Å². The van der Waals surface area contributed by atoms with Crippen LogP contribution in [-0.2, 0) is 6.42 Å². The molecule has 1 aromatic heterocycles. The van der Waals surface area contributed by atoms with Crippen molar-refractivity contribution >= 4 is 0 Å². The molecule has 0 aromatic carbocycles. The summed E-state index contributed by atoms with van der Waals surface area (Å²) in [4.78, 5) is 9.75. The lowest BCUT2D eigenvalue weighted by atomic mass is 9.91. The molecule has 1 unspecified atom stereocenters. The summed E-state index contributed by atoms with van der Waals surface area (Å²) in [5.74, 6) is 1.74. The molecule has 21 heavy (non-hydrogen) atoms. The number of rotatable bonds is 4. The topological polar surface area (TPSA) is 37.8 Å². The van der Waals surface area contributed by atoms with Crippen molar-refractivity contribution in [1.29, 1.82) is 0 Å². The lowest BCUT2D eigenvalue weighted by molar-refractivity contribution is 0.448. The summed E-state index contributed by atoms with van der Waals surface area (Å²) in [6.07, 6.45) is 15.0. The predicted octanol–water partition coefficient (Wildman–Crippen LogP) is 4.29. The third kappa shape index (κ3) is 3.63. The van der Waals surface area contributed by atoms with Crippen LogP contribution in [0.3, 0.4) is 0 Å². The van der Waals surface area contributed by atoms with E-state index in [0.717, 1.165) is 18.8 Å². The van der Waals surface area contributed by atoms with Gasteiger partial charge in [0.25, 0.3) is 0 Å². The second-order valence-electron chi connectivity index (χ2n) is 6.72. The third-order valence-corrected chi connectivity index (χ3v) is 5.06. The first kappa shape index (κ1) is 15.0. The molecule has 116 valence electrons. The zero-order valence-corrected chi connectivity index (χ0v) is 13.4. The van der Waals surface area contributed by atoms with E-state index in [1.807, 2.05) is 0 Å². The Hall–Kier alpha value is -0.960. The molecule has 0 radical (unpaired) electrons. The average Bonchev–Trinajstić information content (AvgIpc) is 2.81. The summed E-state index contributed by atoms with van der Waals surface area (Å²) < 4.78 is 0. The fourth-order valence-corrected chi connectivity index (χ4v) is 3.83. The van der Waals surface area contributed by atoms with Crippen molar-refractivity contribution < 1.29 is 0 Å². The van der Waals surface area contributed by atoms with Crippen molar-refractivity contribution in [3.05, 3.63) is 23.3 Å². The van der Waals surface area contributed by atoms with Crippen LogP contribution in [0.15, 0.2) is 6.20 Å². The molecule has 0 amide bonds. The number of aryl methyl sites for hydroxylation is 1. The van der Waals surface area contributed by atoms with E-state index in [-0.39, 0.29) is 0 Å². The van der Waals surface area contributed by atoms with Gasteiger partial charge < -0.3 is 5.32 Å². The zero-order chi connectivity index (χ0) is 14.5. The Balaban J connectivity index is 1.76. The predicted molar refractivity (Wildman–Crippen MR) is 86.4 cm³/mol. The highest BCUT2D eigenvalue weighted by atomic mass is 14.9. The lowest BCUT2D eigenvalue weighted by Gasteiger charge is -2.26. The van der Waals surface area contributed by atoms with Crippen LogP contribution < -0.4 is 5.32 Å². The van der Waals surface area contributed by atoms with Crippen LogP contribution in [-0.4, -0.2) is 16.5 Å².